The van der Waals surface area contributed by atoms with E-state index in [0.29, 0.717) is 0 Å². The van der Waals surface area contributed by atoms with Crippen LogP contribution in [0.25, 0.3) is 0 Å². The predicted molar refractivity (Wildman–Crippen MR) is 79.5 cm³/mol. The summed E-state index contributed by atoms with van der Waals surface area (Å²) < 4.78 is 0. The van der Waals surface area contributed by atoms with Crippen LogP contribution in [-0.4, -0.2) is 31.2 Å². The van der Waals surface area contributed by atoms with Crippen molar-refractivity contribution in [3.63, 3.8) is 0 Å². The van der Waals surface area contributed by atoms with Gasteiger partial charge in [0, 0.05) is 38.1 Å². The minimum Gasteiger partial charge on any atom is -0.396 e. The predicted octanol–water partition coefficient (Wildman–Crippen LogP) is 1.99. The first-order chi connectivity index (χ1) is 9.34. The van der Waals surface area contributed by atoms with Crippen molar-refractivity contribution >= 4 is 17.1 Å². The molecule has 2 aromatic rings. The molecular formula is C15H18N4. The smallest absolute Gasteiger partial charge is 0.0738 e. The minimum absolute atomic E-state index is 0.760. The van der Waals surface area contributed by atoms with Crippen LogP contribution in [-0.2, 0) is 0 Å². The molecule has 0 unspecified atom stereocenters. The molecule has 4 nitrogen and oxygen atoms in total. The van der Waals surface area contributed by atoms with Crippen LogP contribution in [0.3, 0.4) is 0 Å². The number of nitrogen functional groups attached to an aromatic ring is 1. The number of nitrogens with zero attached hydrogens (tertiary/aromatic N) is 3. The van der Waals surface area contributed by atoms with Gasteiger partial charge in [-0.3, -0.25) is 4.98 Å². The number of pyridine rings is 1. The highest BCUT2D eigenvalue weighted by Crippen LogP contribution is 2.24. The molecule has 1 aromatic carbocycles. The molecule has 1 aliphatic heterocycles. The molecular weight excluding hydrogens is 236 g/mol. The molecule has 0 atom stereocenters. The van der Waals surface area contributed by atoms with Crippen LogP contribution in [0.15, 0.2) is 48.8 Å². The Bertz CT molecular complexity index is 533. The third-order valence-corrected chi connectivity index (χ3v) is 3.57. The summed E-state index contributed by atoms with van der Waals surface area (Å²) in [7, 11) is 0. The number of piperazine rings is 1. The first-order valence-electron chi connectivity index (χ1n) is 6.59. The molecule has 0 amide bonds. The highest BCUT2D eigenvalue weighted by molar-refractivity contribution is 5.66. The number of benzene rings is 1. The number of nitrogens with two attached hydrogens (primary N) is 1. The second-order valence-corrected chi connectivity index (χ2v) is 4.74. The fourth-order valence-electron chi connectivity index (χ4n) is 2.53. The SMILES string of the molecule is Nc1cnccc1N1CCN(c2ccccc2)CC1. The normalized spacial score (nSPS) is 15.6. The average molecular weight is 254 g/mol. The number of rotatable bonds is 2. The molecule has 2 N–H and O–H groups in total. The standard InChI is InChI=1S/C15H18N4/c16-14-12-17-7-6-15(14)19-10-8-18(9-11-19)13-4-2-1-3-5-13/h1-7,12H,8-11,16H2. The van der Waals surface area contributed by atoms with Crippen molar-refractivity contribution in [1.29, 1.82) is 0 Å². The van der Waals surface area contributed by atoms with E-state index in [9.17, 15) is 0 Å². The molecule has 3 rings (SSSR count). The largest absolute Gasteiger partial charge is 0.396 e. The third-order valence-electron chi connectivity index (χ3n) is 3.57. The van der Waals surface area contributed by atoms with Gasteiger partial charge >= 0.3 is 0 Å². The van der Waals surface area contributed by atoms with Crippen molar-refractivity contribution in [2.45, 2.75) is 0 Å². The topological polar surface area (TPSA) is 45.4 Å². The van der Waals surface area contributed by atoms with E-state index in [1.165, 1.54) is 5.69 Å². The van der Waals surface area contributed by atoms with Crippen LogP contribution in [0.5, 0.6) is 0 Å². The maximum atomic E-state index is 5.98. The third kappa shape index (κ3) is 2.47. The van der Waals surface area contributed by atoms with E-state index in [4.69, 9.17) is 5.73 Å². The summed E-state index contributed by atoms with van der Waals surface area (Å²) in [4.78, 5) is 8.78. The van der Waals surface area contributed by atoms with Crippen LogP contribution in [0, 0.1) is 0 Å². The van der Waals surface area contributed by atoms with Gasteiger partial charge in [0.15, 0.2) is 0 Å². The Balaban J connectivity index is 1.69. The number of hydrogen-bond donors (Lipinski definition) is 1. The molecule has 0 bridgehead atoms. The Kier molecular flexibility index (Phi) is 3.23. The van der Waals surface area contributed by atoms with Crippen LogP contribution in [0.2, 0.25) is 0 Å². The van der Waals surface area contributed by atoms with E-state index in [0.717, 1.165) is 37.6 Å². The first kappa shape index (κ1) is 11.8. The maximum Gasteiger partial charge on any atom is 0.0738 e. The van der Waals surface area contributed by atoms with Gasteiger partial charge in [-0.05, 0) is 18.2 Å². The summed E-state index contributed by atoms with van der Waals surface area (Å²) in [5, 5.41) is 0. The van der Waals surface area contributed by atoms with Crippen molar-refractivity contribution in [3.05, 3.63) is 48.8 Å². The Hall–Kier alpha value is -2.23. The zero-order valence-corrected chi connectivity index (χ0v) is 10.9. The van der Waals surface area contributed by atoms with E-state index in [-0.39, 0.29) is 0 Å². The summed E-state index contributed by atoms with van der Waals surface area (Å²) in [6.07, 6.45) is 3.52. The quantitative estimate of drug-likeness (QED) is 0.890. The Morgan fingerprint density at radius 1 is 0.895 bits per heavy atom. The molecule has 19 heavy (non-hydrogen) atoms. The van der Waals surface area contributed by atoms with Gasteiger partial charge in [-0.2, -0.15) is 0 Å². The zero-order valence-electron chi connectivity index (χ0n) is 10.9. The van der Waals surface area contributed by atoms with Crippen molar-refractivity contribution < 1.29 is 0 Å². The van der Waals surface area contributed by atoms with E-state index in [2.05, 4.69) is 45.1 Å². The van der Waals surface area contributed by atoms with E-state index in [1.807, 2.05) is 6.07 Å². The van der Waals surface area contributed by atoms with Crippen molar-refractivity contribution in [1.82, 2.24) is 4.98 Å². The fraction of sp³-hybridized carbons (Fsp3) is 0.267. The molecule has 0 aliphatic carbocycles. The Morgan fingerprint density at radius 2 is 1.58 bits per heavy atom. The lowest BCUT2D eigenvalue weighted by Gasteiger charge is -2.37. The molecule has 2 heterocycles. The molecule has 4 heteroatoms. The van der Waals surface area contributed by atoms with Gasteiger partial charge in [-0.15, -0.1) is 0 Å². The zero-order chi connectivity index (χ0) is 13.1. The monoisotopic (exact) mass is 254 g/mol. The molecule has 1 saturated heterocycles. The molecule has 1 fully saturated rings. The van der Waals surface area contributed by atoms with Gasteiger partial charge in [-0.25, -0.2) is 0 Å². The number of para-hydroxylation sites is 1. The molecule has 0 spiro atoms. The van der Waals surface area contributed by atoms with Crippen LogP contribution < -0.4 is 15.5 Å². The van der Waals surface area contributed by atoms with E-state index >= 15 is 0 Å². The summed E-state index contributed by atoms with van der Waals surface area (Å²) in [6.45, 7) is 4.02. The minimum atomic E-state index is 0.760. The summed E-state index contributed by atoms with van der Waals surface area (Å²) >= 11 is 0. The molecule has 0 radical (unpaired) electrons. The number of anilines is 3. The highest BCUT2D eigenvalue weighted by Gasteiger charge is 2.18. The molecule has 0 saturated carbocycles. The van der Waals surface area contributed by atoms with Gasteiger partial charge in [-0.1, -0.05) is 18.2 Å². The van der Waals surface area contributed by atoms with Crippen LogP contribution in [0.1, 0.15) is 0 Å². The van der Waals surface area contributed by atoms with Gasteiger partial charge < -0.3 is 15.5 Å². The van der Waals surface area contributed by atoms with E-state index in [1.54, 1.807) is 12.4 Å². The van der Waals surface area contributed by atoms with Gasteiger partial charge in [0.25, 0.3) is 0 Å². The maximum absolute atomic E-state index is 5.98. The number of hydrogen-bond acceptors (Lipinski definition) is 4. The van der Waals surface area contributed by atoms with Gasteiger partial charge in [0.1, 0.15) is 0 Å². The van der Waals surface area contributed by atoms with Crippen molar-refractivity contribution in [2.24, 2.45) is 0 Å². The summed E-state index contributed by atoms with van der Waals surface area (Å²) in [5.41, 5.74) is 9.14. The lowest BCUT2D eigenvalue weighted by molar-refractivity contribution is 0.654. The highest BCUT2D eigenvalue weighted by atomic mass is 15.3. The van der Waals surface area contributed by atoms with E-state index < -0.39 is 0 Å². The average Bonchev–Trinajstić information content (AvgIpc) is 2.49. The second kappa shape index (κ2) is 5.18. The molecule has 1 aliphatic rings. The van der Waals surface area contributed by atoms with Crippen molar-refractivity contribution in [2.75, 3.05) is 41.7 Å². The number of aromatic nitrogens is 1. The Labute approximate surface area is 113 Å². The summed E-state index contributed by atoms with van der Waals surface area (Å²) in [5.74, 6) is 0. The van der Waals surface area contributed by atoms with Crippen LogP contribution >= 0.6 is 0 Å². The summed E-state index contributed by atoms with van der Waals surface area (Å²) in [6, 6.07) is 12.5. The van der Waals surface area contributed by atoms with Gasteiger partial charge in [0.2, 0.25) is 0 Å². The lowest BCUT2D eigenvalue weighted by Crippen LogP contribution is -2.46. The van der Waals surface area contributed by atoms with Crippen LogP contribution in [0.4, 0.5) is 17.1 Å². The second-order valence-electron chi connectivity index (χ2n) is 4.74. The first-order valence-corrected chi connectivity index (χ1v) is 6.59. The molecule has 1 aromatic heterocycles. The molecule has 98 valence electrons. The lowest BCUT2D eigenvalue weighted by atomic mass is 10.2. The fourth-order valence-corrected chi connectivity index (χ4v) is 2.53. The Morgan fingerprint density at radius 3 is 2.26 bits per heavy atom. The van der Waals surface area contributed by atoms with Gasteiger partial charge in [0.05, 0.1) is 17.6 Å². The van der Waals surface area contributed by atoms with Crippen molar-refractivity contribution in [3.8, 4) is 0 Å².